The van der Waals surface area contributed by atoms with Crippen LogP contribution in [0.4, 0.5) is 17.1 Å². The van der Waals surface area contributed by atoms with Crippen molar-refractivity contribution in [1.82, 2.24) is 0 Å². The lowest BCUT2D eigenvalue weighted by Gasteiger charge is -2.61. The number of nitrogens with zero attached hydrogens (tertiary/aromatic N) is 1. The molecule has 1 spiro atoms. The fourth-order valence-electron chi connectivity index (χ4n) is 15.3. The zero-order chi connectivity index (χ0) is 43.4. The molecule has 8 aromatic carbocycles. The Morgan fingerprint density at radius 2 is 0.862 bits per heavy atom. The number of benzene rings is 8. The first-order valence-corrected chi connectivity index (χ1v) is 24.4. The van der Waals surface area contributed by atoms with Crippen LogP contribution in [0, 0.1) is 23.7 Å². The van der Waals surface area contributed by atoms with Gasteiger partial charge in [0.15, 0.2) is 0 Å². The van der Waals surface area contributed by atoms with Crippen LogP contribution in [0.25, 0.3) is 55.6 Å². The molecule has 7 aliphatic carbocycles. The van der Waals surface area contributed by atoms with Crippen molar-refractivity contribution in [3.8, 4) is 55.6 Å². The molecular formula is C64H55N. The van der Waals surface area contributed by atoms with E-state index in [2.05, 4.69) is 209 Å². The fraction of sp³-hybridized carbons (Fsp3) is 0.250. The summed E-state index contributed by atoms with van der Waals surface area (Å²) < 4.78 is 0. The molecule has 0 amide bonds. The van der Waals surface area contributed by atoms with E-state index in [1.807, 2.05) is 0 Å². The minimum absolute atomic E-state index is 0.0659. The lowest BCUT2D eigenvalue weighted by Crippen LogP contribution is -2.55. The van der Waals surface area contributed by atoms with Gasteiger partial charge in [-0.15, -0.1) is 0 Å². The maximum atomic E-state index is 2.67. The molecule has 0 N–H and O–H groups in total. The van der Waals surface area contributed by atoms with E-state index < -0.39 is 0 Å². The first-order valence-electron chi connectivity index (χ1n) is 24.4. The molecule has 15 rings (SSSR count). The van der Waals surface area contributed by atoms with Crippen molar-refractivity contribution in [2.75, 3.05) is 4.90 Å². The van der Waals surface area contributed by atoms with E-state index in [1.165, 1.54) is 127 Å². The highest BCUT2D eigenvalue weighted by Gasteiger charge is 2.61. The second-order valence-electron chi connectivity index (χ2n) is 21.7. The fourth-order valence-corrected chi connectivity index (χ4v) is 15.3. The van der Waals surface area contributed by atoms with Gasteiger partial charge in [-0.3, -0.25) is 0 Å². The van der Waals surface area contributed by atoms with E-state index in [0.29, 0.717) is 11.8 Å². The molecular weight excluding hydrogens is 783 g/mol. The highest BCUT2D eigenvalue weighted by molar-refractivity contribution is 5.99. The molecule has 4 saturated carbocycles. The second-order valence-corrected chi connectivity index (χ2v) is 21.7. The standard InChI is InChI=1S/C64H55N/c1-62(2)55-23-10-7-20-53(55)61-52(21-14-25-57(61)62)51-19-8-12-26-60(51)65(45-16-13-15-41(36-45)42-27-29-49-47-17-5-9-22-54(47)63(3,4)58(49)37-42)46-28-30-50-48-18-6-11-24-56(48)64(59(50)38-46)43-32-39-31-40(34-43)35-44(64)33-39/h5-30,36-40,43-44H,31-35H2,1-4H3. The third-order valence-corrected chi connectivity index (χ3v) is 17.9. The first-order chi connectivity index (χ1) is 31.7. The Morgan fingerprint density at radius 3 is 1.62 bits per heavy atom. The summed E-state index contributed by atoms with van der Waals surface area (Å²) in [7, 11) is 0. The Kier molecular flexibility index (Phi) is 7.77. The zero-order valence-corrected chi connectivity index (χ0v) is 38.0. The topological polar surface area (TPSA) is 3.24 Å². The van der Waals surface area contributed by atoms with Crippen LogP contribution in [0.1, 0.15) is 93.2 Å². The average molecular weight is 838 g/mol. The van der Waals surface area contributed by atoms with E-state index >= 15 is 0 Å². The van der Waals surface area contributed by atoms with E-state index in [0.717, 1.165) is 11.8 Å². The number of rotatable bonds is 5. The van der Waals surface area contributed by atoms with Gasteiger partial charge in [-0.1, -0.05) is 167 Å². The third kappa shape index (κ3) is 5.05. The van der Waals surface area contributed by atoms with Crippen LogP contribution >= 0.6 is 0 Å². The van der Waals surface area contributed by atoms with Crippen molar-refractivity contribution in [3.63, 3.8) is 0 Å². The quantitative estimate of drug-likeness (QED) is 0.167. The Bertz CT molecular complexity index is 3280. The summed E-state index contributed by atoms with van der Waals surface area (Å²) in [6.45, 7) is 9.57. The molecule has 7 aliphatic rings. The van der Waals surface area contributed by atoms with Crippen LogP contribution < -0.4 is 4.90 Å². The van der Waals surface area contributed by atoms with Crippen LogP contribution in [0.2, 0.25) is 0 Å². The maximum absolute atomic E-state index is 2.67. The van der Waals surface area contributed by atoms with Gasteiger partial charge in [0, 0.05) is 33.2 Å². The minimum atomic E-state index is -0.0847. The number of anilines is 3. The van der Waals surface area contributed by atoms with Gasteiger partial charge >= 0.3 is 0 Å². The van der Waals surface area contributed by atoms with Gasteiger partial charge in [0.2, 0.25) is 0 Å². The lowest BCUT2D eigenvalue weighted by atomic mass is 9.43. The molecule has 0 unspecified atom stereocenters. The van der Waals surface area contributed by atoms with Crippen molar-refractivity contribution in [2.24, 2.45) is 23.7 Å². The van der Waals surface area contributed by atoms with Crippen molar-refractivity contribution in [3.05, 3.63) is 209 Å². The molecule has 4 fully saturated rings. The number of hydrogen-bond donors (Lipinski definition) is 0. The van der Waals surface area contributed by atoms with Gasteiger partial charge in [0.05, 0.1) is 5.69 Å². The van der Waals surface area contributed by atoms with Gasteiger partial charge in [0.25, 0.3) is 0 Å². The molecule has 0 atom stereocenters. The highest BCUT2D eigenvalue weighted by atomic mass is 15.1. The van der Waals surface area contributed by atoms with Crippen molar-refractivity contribution >= 4 is 17.1 Å². The molecule has 1 heteroatoms. The molecule has 0 aliphatic heterocycles. The van der Waals surface area contributed by atoms with Gasteiger partial charge in [0.1, 0.15) is 0 Å². The van der Waals surface area contributed by atoms with Crippen LogP contribution in [0.15, 0.2) is 176 Å². The minimum Gasteiger partial charge on any atom is -0.310 e. The van der Waals surface area contributed by atoms with Crippen LogP contribution in [-0.4, -0.2) is 0 Å². The van der Waals surface area contributed by atoms with Crippen molar-refractivity contribution in [1.29, 1.82) is 0 Å². The highest BCUT2D eigenvalue weighted by Crippen LogP contribution is 2.70. The largest absolute Gasteiger partial charge is 0.310 e. The molecule has 4 bridgehead atoms. The normalized spacial score (nSPS) is 23.7. The molecule has 0 heterocycles. The van der Waals surface area contributed by atoms with Crippen LogP contribution in [0.5, 0.6) is 0 Å². The average Bonchev–Trinajstić information content (AvgIpc) is 3.85. The zero-order valence-electron chi connectivity index (χ0n) is 38.0. The molecule has 65 heavy (non-hydrogen) atoms. The molecule has 0 saturated heterocycles. The molecule has 0 aromatic heterocycles. The number of para-hydroxylation sites is 1. The Morgan fingerprint density at radius 1 is 0.354 bits per heavy atom. The number of fused-ring (bicyclic) bond motifs is 9. The Hall–Kier alpha value is -6.44. The maximum Gasteiger partial charge on any atom is 0.0540 e. The molecule has 1 nitrogen and oxygen atoms in total. The van der Waals surface area contributed by atoms with E-state index in [9.17, 15) is 0 Å². The first kappa shape index (κ1) is 37.9. The summed E-state index contributed by atoms with van der Waals surface area (Å²) in [6, 6.07) is 68.1. The lowest BCUT2D eigenvalue weighted by molar-refractivity contribution is -0.0399. The van der Waals surface area contributed by atoms with E-state index in [1.54, 1.807) is 11.1 Å². The van der Waals surface area contributed by atoms with Crippen LogP contribution in [-0.2, 0) is 16.2 Å². The summed E-state index contributed by atoms with van der Waals surface area (Å²) >= 11 is 0. The summed E-state index contributed by atoms with van der Waals surface area (Å²) in [5.41, 5.74) is 25.8. The summed E-state index contributed by atoms with van der Waals surface area (Å²) in [5.74, 6) is 3.20. The second kappa shape index (κ2) is 13.3. The van der Waals surface area contributed by atoms with Crippen molar-refractivity contribution < 1.29 is 0 Å². The Balaban J connectivity index is 0.985. The monoisotopic (exact) mass is 837 g/mol. The van der Waals surface area contributed by atoms with Crippen molar-refractivity contribution in [2.45, 2.75) is 76.0 Å². The summed E-state index contributed by atoms with van der Waals surface area (Å²) in [4.78, 5) is 2.62. The van der Waals surface area contributed by atoms with Gasteiger partial charge in [-0.2, -0.15) is 0 Å². The SMILES string of the molecule is CC1(C)c2ccccc2-c2ccc(-c3cccc(N(c4ccc5c(c4)C4(c6ccccc6-5)C5CC6CC(C5)CC4C6)c4ccccc4-c4cccc5c4-c4ccccc4C5(C)C)c3)cc21. The van der Waals surface area contributed by atoms with Crippen LogP contribution in [0.3, 0.4) is 0 Å². The molecule has 316 valence electrons. The molecule has 0 radical (unpaired) electrons. The molecule has 8 aromatic rings. The van der Waals surface area contributed by atoms with Gasteiger partial charge in [-0.25, -0.2) is 0 Å². The summed E-state index contributed by atoms with van der Waals surface area (Å²) in [5, 5.41) is 0. The number of hydrogen-bond acceptors (Lipinski definition) is 1. The predicted molar refractivity (Wildman–Crippen MR) is 270 cm³/mol. The van der Waals surface area contributed by atoms with E-state index in [-0.39, 0.29) is 16.2 Å². The third-order valence-electron chi connectivity index (χ3n) is 17.9. The smallest absolute Gasteiger partial charge is 0.0540 e. The summed E-state index contributed by atoms with van der Waals surface area (Å²) in [6.07, 6.45) is 6.95. The van der Waals surface area contributed by atoms with E-state index in [4.69, 9.17) is 0 Å². The predicted octanol–water partition coefficient (Wildman–Crippen LogP) is 16.8. The van der Waals surface area contributed by atoms with Gasteiger partial charge in [-0.05, 0) is 176 Å². The Labute approximate surface area is 384 Å². The van der Waals surface area contributed by atoms with Gasteiger partial charge < -0.3 is 4.90 Å².